The van der Waals surface area contributed by atoms with Crippen LogP contribution < -0.4 is 5.32 Å². The van der Waals surface area contributed by atoms with Gasteiger partial charge in [-0.2, -0.15) is 4.98 Å². The van der Waals surface area contributed by atoms with Gasteiger partial charge in [0.25, 0.3) is 5.89 Å². The zero-order valence-corrected chi connectivity index (χ0v) is 11.4. The van der Waals surface area contributed by atoms with Crippen molar-refractivity contribution in [1.29, 1.82) is 0 Å². The standard InChI is InChI=1S/C14H16FN3O2/c1-9(2)8-16-13(19)7-12-17-14(20-18-12)10-4-3-5-11(15)6-10/h3-6,9H,7-8H2,1-2H3,(H,16,19). The Morgan fingerprint density at radius 2 is 2.25 bits per heavy atom. The van der Waals surface area contributed by atoms with Gasteiger partial charge in [-0.3, -0.25) is 4.79 Å². The lowest BCUT2D eigenvalue weighted by Gasteiger charge is -2.05. The van der Waals surface area contributed by atoms with Crippen molar-refractivity contribution in [1.82, 2.24) is 15.5 Å². The molecular formula is C14H16FN3O2. The van der Waals surface area contributed by atoms with Crippen LogP contribution in [0.2, 0.25) is 0 Å². The second kappa shape index (κ2) is 6.27. The van der Waals surface area contributed by atoms with Crippen LogP contribution in [0.1, 0.15) is 19.7 Å². The number of rotatable bonds is 5. The van der Waals surface area contributed by atoms with Crippen LogP contribution in [-0.4, -0.2) is 22.6 Å². The maximum Gasteiger partial charge on any atom is 0.258 e. The predicted molar refractivity (Wildman–Crippen MR) is 71.2 cm³/mol. The lowest BCUT2D eigenvalue weighted by atomic mass is 10.2. The Morgan fingerprint density at radius 1 is 1.45 bits per heavy atom. The summed E-state index contributed by atoms with van der Waals surface area (Å²) in [6.45, 7) is 4.63. The molecule has 0 aliphatic rings. The molecule has 0 bridgehead atoms. The van der Waals surface area contributed by atoms with E-state index < -0.39 is 0 Å². The summed E-state index contributed by atoms with van der Waals surface area (Å²) in [7, 11) is 0. The summed E-state index contributed by atoms with van der Waals surface area (Å²) in [5, 5.41) is 6.49. The number of benzene rings is 1. The lowest BCUT2D eigenvalue weighted by molar-refractivity contribution is -0.120. The Morgan fingerprint density at radius 3 is 2.95 bits per heavy atom. The summed E-state index contributed by atoms with van der Waals surface area (Å²) in [5.41, 5.74) is 0.492. The molecule has 0 saturated heterocycles. The number of nitrogens with zero attached hydrogens (tertiary/aromatic N) is 2. The second-order valence-electron chi connectivity index (χ2n) is 4.90. The molecule has 1 N–H and O–H groups in total. The number of nitrogens with one attached hydrogen (secondary N) is 1. The minimum atomic E-state index is -0.378. The first-order chi connectivity index (χ1) is 9.54. The number of aromatic nitrogens is 2. The molecule has 106 valence electrons. The van der Waals surface area contributed by atoms with E-state index in [2.05, 4.69) is 15.5 Å². The van der Waals surface area contributed by atoms with E-state index in [1.807, 2.05) is 13.8 Å². The van der Waals surface area contributed by atoms with Gasteiger partial charge in [0.15, 0.2) is 5.82 Å². The highest BCUT2D eigenvalue weighted by atomic mass is 19.1. The Bertz CT molecular complexity index is 596. The van der Waals surface area contributed by atoms with Gasteiger partial charge in [0.1, 0.15) is 5.82 Å². The average Bonchev–Trinajstić information content (AvgIpc) is 2.85. The van der Waals surface area contributed by atoms with Crippen molar-refractivity contribution in [3.8, 4) is 11.5 Å². The quantitative estimate of drug-likeness (QED) is 0.909. The van der Waals surface area contributed by atoms with Crippen molar-refractivity contribution in [2.75, 3.05) is 6.54 Å². The minimum Gasteiger partial charge on any atom is -0.355 e. The van der Waals surface area contributed by atoms with Crippen molar-refractivity contribution in [3.05, 3.63) is 35.9 Å². The molecular weight excluding hydrogens is 261 g/mol. The summed E-state index contributed by atoms with van der Waals surface area (Å²) in [6.07, 6.45) is 0.0472. The molecule has 0 spiro atoms. The van der Waals surface area contributed by atoms with Gasteiger partial charge in [0, 0.05) is 12.1 Å². The lowest BCUT2D eigenvalue weighted by Crippen LogP contribution is -2.29. The van der Waals surface area contributed by atoms with Gasteiger partial charge in [-0.05, 0) is 24.1 Å². The third kappa shape index (κ3) is 3.88. The highest BCUT2D eigenvalue weighted by Crippen LogP contribution is 2.17. The Balaban J connectivity index is 2.00. The number of amides is 1. The zero-order chi connectivity index (χ0) is 14.5. The van der Waals surface area contributed by atoms with Gasteiger partial charge < -0.3 is 9.84 Å². The van der Waals surface area contributed by atoms with Crippen molar-refractivity contribution >= 4 is 5.91 Å². The fourth-order valence-electron chi connectivity index (χ4n) is 1.59. The van der Waals surface area contributed by atoms with E-state index in [9.17, 15) is 9.18 Å². The smallest absolute Gasteiger partial charge is 0.258 e. The molecule has 1 heterocycles. The third-order valence-electron chi connectivity index (χ3n) is 2.57. The molecule has 0 radical (unpaired) electrons. The summed E-state index contributed by atoms with van der Waals surface area (Å²) in [4.78, 5) is 15.7. The first kappa shape index (κ1) is 14.2. The van der Waals surface area contributed by atoms with Gasteiger partial charge in [-0.15, -0.1) is 0 Å². The van der Waals surface area contributed by atoms with Gasteiger partial charge in [-0.25, -0.2) is 4.39 Å². The molecule has 1 aromatic heterocycles. The van der Waals surface area contributed by atoms with Crippen molar-refractivity contribution in [2.45, 2.75) is 20.3 Å². The van der Waals surface area contributed by atoms with Crippen LogP contribution in [0.3, 0.4) is 0 Å². The van der Waals surface area contributed by atoms with E-state index in [1.165, 1.54) is 12.1 Å². The number of carbonyl (C=O) groups is 1. The van der Waals surface area contributed by atoms with Gasteiger partial charge >= 0.3 is 0 Å². The maximum atomic E-state index is 13.1. The Labute approximate surface area is 116 Å². The molecule has 20 heavy (non-hydrogen) atoms. The molecule has 0 saturated carbocycles. The van der Waals surface area contributed by atoms with Crippen LogP contribution in [0.25, 0.3) is 11.5 Å². The number of carbonyl (C=O) groups excluding carboxylic acids is 1. The maximum absolute atomic E-state index is 13.1. The normalized spacial score (nSPS) is 10.8. The third-order valence-corrected chi connectivity index (χ3v) is 2.57. The summed E-state index contributed by atoms with van der Waals surface area (Å²) >= 11 is 0. The van der Waals surface area contributed by atoms with E-state index in [1.54, 1.807) is 12.1 Å². The molecule has 0 aliphatic carbocycles. The van der Waals surface area contributed by atoms with Crippen LogP contribution in [0, 0.1) is 11.7 Å². The summed E-state index contributed by atoms with van der Waals surface area (Å²) in [6, 6.07) is 5.86. The predicted octanol–water partition coefficient (Wildman–Crippen LogP) is 2.19. The Kier molecular flexibility index (Phi) is 4.45. The molecule has 0 unspecified atom stereocenters. The monoisotopic (exact) mass is 277 g/mol. The number of halogens is 1. The molecule has 0 aliphatic heterocycles. The van der Waals surface area contributed by atoms with Crippen LogP contribution >= 0.6 is 0 Å². The van der Waals surface area contributed by atoms with E-state index in [-0.39, 0.29) is 29.9 Å². The van der Waals surface area contributed by atoms with Crippen molar-refractivity contribution < 1.29 is 13.7 Å². The first-order valence-electron chi connectivity index (χ1n) is 6.40. The largest absolute Gasteiger partial charge is 0.355 e. The molecule has 5 nitrogen and oxygen atoms in total. The zero-order valence-electron chi connectivity index (χ0n) is 11.4. The van der Waals surface area contributed by atoms with Crippen LogP contribution in [0.15, 0.2) is 28.8 Å². The topological polar surface area (TPSA) is 68.0 Å². The number of hydrogen-bond acceptors (Lipinski definition) is 4. The van der Waals surface area contributed by atoms with Gasteiger partial charge in [0.2, 0.25) is 5.91 Å². The number of hydrogen-bond donors (Lipinski definition) is 1. The highest BCUT2D eigenvalue weighted by molar-refractivity contribution is 5.77. The SMILES string of the molecule is CC(C)CNC(=O)Cc1noc(-c2cccc(F)c2)n1. The second-order valence-corrected chi connectivity index (χ2v) is 4.90. The molecule has 0 atom stereocenters. The van der Waals surface area contributed by atoms with Crippen molar-refractivity contribution in [2.24, 2.45) is 5.92 Å². The van der Waals surface area contributed by atoms with Crippen LogP contribution in [0.4, 0.5) is 4.39 Å². The van der Waals surface area contributed by atoms with E-state index in [4.69, 9.17) is 4.52 Å². The molecule has 2 aromatic rings. The van der Waals surface area contributed by atoms with Crippen LogP contribution in [-0.2, 0) is 11.2 Å². The van der Waals surface area contributed by atoms with Gasteiger partial charge in [-0.1, -0.05) is 25.1 Å². The molecule has 0 fully saturated rings. The highest BCUT2D eigenvalue weighted by Gasteiger charge is 2.12. The van der Waals surface area contributed by atoms with E-state index in [0.29, 0.717) is 18.0 Å². The van der Waals surface area contributed by atoms with E-state index >= 15 is 0 Å². The summed E-state index contributed by atoms with van der Waals surface area (Å²) in [5.74, 6) is 0.330. The molecule has 2 rings (SSSR count). The molecule has 1 aromatic carbocycles. The minimum absolute atomic E-state index is 0.0472. The molecule has 6 heteroatoms. The molecule has 1 amide bonds. The average molecular weight is 277 g/mol. The fourth-order valence-corrected chi connectivity index (χ4v) is 1.59. The van der Waals surface area contributed by atoms with Crippen molar-refractivity contribution in [3.63, 3.8) is 0 Å². The first-order valence-corrected chi connectivity index (χ1v) is 6.40. The van der Waals surface area contributed by atoms with Gasteiger partial charge in [0.05, 0.1) is 6.42 Å². The van der Waals surface area contributed by atoms with E-state index in [0.717, 1.165) is 0 Å². The summed E-state index contributed by atoms with van der Waals surface area (Å²) < 4.78 is 18.1. The fraction of sp³-hybridized carbons (Fsp3) is 0.357. The Hall–Kier alpha value is -2.24. The van der Waals surface area contributed by atoms with Crippen LogP contribution in [0.5, 0.6) is 0 Å².